The van der Waals surface area contributed by atoms with Gasteiger partial charge in [-0.3, -0.25) is 0 Å². The number of hydrogen-bond acceptors (Lipinski definition) is 3. The normalized spacial score (nSPS) is 23.9. The van der Waals surface area contributed by atoms with Crippen molar-refractivity contribution in [1.82, 2.24) is 9.21 Å². The van der Waals surface area contributed by atoms with Gasteiger partial charge in [-0.25, -0.2) is 8.42 Å². The molecular weight excluding hydrogens is 308 g/mol. The lowest BCUT2D eigenvalue weighted by Gasteiger charge is -2.28. The average molecular weight is 337 g/mol. The van der Waals surface area contributed by atoms with E-state index in [2.05, 4.69) is 18.7 Å². The minimum Gasteiger partial charge on any atom is -0.302 e. The molecule has 1 atom stereocenters. The van der Waals surface area contributed by atoms with E-state index >= 15 is 0 Å². The molecule has 0 bridgehead atoms. The maximum Gasteiger partial charge on any atom is 0.243 e. The zero-order valence-corrected chi connectivity index (χ0v) is 15.1. The maximum absolute atomic E-state index is 13.0. The first kappa shape index (κ1) is 16.9. The summed E-state index contributed by atoms with van der Waals surface area (Å²) in [7, 11) is -3.37. The molecule has 0 N–H and O–H groups in total. The minimum absolute atomic E-state index is 0.142. The fraction of sp³-hybridized carbons (Fsp3) is 0.667. The predicted octanol–water partition coefficient (Wildman–Crippen LogP) is 3.06. The zero-order valence-electron chi connectivity index (χ0n) is 14.2. The Bertz CT molecular complexity index is 619. The first-order chi connectivity index (χ1) is 11.0. The van der Waals surface area contributed by atoms with Crippen molar-refractivity contribution in [1.29, 1.82) is 0 Å². The molecule has 5 heteroatoms. The molecule has 0 saturated carbocycles. The van der Waals surface area contributed by atoms with E-state index < -0.39 is 10.0 Å². The molecule has 3 rings (SSSR count). The molecule has 23 heavy (non-hydrogen) atoms. The summed E-state index contributed by atoms with van der Waals surface area (Å²) < 4.78 is 27.8. The SMILES string of the molecule is CC(C)c1ccc(S(=O)(=O)N2CCCC2CN2CCCC2)cc1. The number of benzene rings is 1. The second kappa shape index (κ2) is 6.91. The summed E-state index contributed by atoms with van der Waals surface area (Å²) in [6.07, 6.45) is 4.45. The van der Waals surface area contributed by atoms with E-state index in [4.69, 9.17) is 0 Å². The van der Waals surface area contributed by atoms with E-state index in [1.807, 2.05) is 12.1 Å². The van der Waals surface area contributed by atoms with E-state index in [0.717, 1.165) is 32.5 Å². The number of nitrogens with zero attached hydrogens (tertiary/aromatic N) is 2. The summed E-state index contributed by atoms with van der Waals surface area (Å²) in [6, 6.07) is 7.58. The summed E-state index contributed by atoms with van der Waals surface area (Å²) in [5.41, 5.74) is 1.18. The molecule has 1 aromatic rings. The van der Waals surface area contributed by atoms with Crippen molar-refractivity contribution < 1.29 is 8.42 Å². The third-order valence-corrected chi connectivity index (χ3v) is 7.11. The van der Waals surface area contributed by atoms with Crippen molar-refractivity contribution in [3.63, 3.8) is 0 Å². The Kier molecular flexibility index (Phi) is 5.09. The van der Waals surface area contributed by atoms with Crippen LogP contribution in [0.4, 0.5) is 0 Å². The van der Waals surface area contributed by atoms with Gasteiger partial charge in [0, 0.05) is 19.1 Å². The van der Waals surface area contributed by atoms with Crippen LogP contribution in [0.3, 0.4) is 0 Å². The molecule has 0 radical (unpaired) electrons. The second-order valence-corrected chi connectivity index (χ2v) is 9.03. The summed E-state index contributed by atoms with van der Waals surface area (Å²) in [5.74, 6) is 0.418. The smallest absolute Gasteiger partial charge is 0.243 e. The van der Waals surface area contributed by atoms with Crippen LogP contribution >= 0.6 is 0 Å². The van der Waals surface area contributed by atoms with Crippen LogP contribution < -0.4 is 0 Å². The summed E-state index contributed by atoms with van der Waals surface area (Å²) in [5, 5.41) is 0. The lowest BCUT2D eigenvalue weighted by Crippen LogP contribution is -2.42. The molecule has 2 aliphatic heterocycles. The molecule has 4 nitrogen and oxygen atoms in total. The van der Waals surface area contributed by atoms with Gasteiger partial charge in [0.05, 0.1) is 4.90 Å². The number of rotatable bonds is 5. The number of likely N-dealkylation sites (tertiary alicyclic amines) is 1. The van der Waals surface area contributed by atoms with Crippen molar-refractivity contribution in [3.8, 4) is 0 Å². The molecule has 2 aliphatic rings. The van der Waals surface area contributed by atoms with Crippen LogP contribution in [-0.4, -0.2) is 49.8 Å². The Hall–Kier alpha value is -0.910. The molecule has 0 aliphatic carbocycles. The molecule has 1 aromatic carbocycles. The van der Waals surface area contributed by atoms with Crippen LogP contribution in [-0.2, 0) is 10.0 Å². The lowest BCUT2D eigenvalue weighted by atomic mass is 10.0. The van der Waals surface area contributed by atoms with Gasteiger partial charge in [0.25, 0.3) is 0 Å². The van der Waals surface area contributed by atoms with Gasteiger partial charge in [0.1, 0.15) is 0 Å². The predicted molar refractivity (Wildman–Crippen MR) is 93.1 cm³/mol. The zero-order chi connectivity index (χ0) is 16.4. The van der Waals surface area contributed by atoms with Gasteiger partial charge in [-0.2, -0.15) is 4.31 Å². The lowest BCUT2D eigenvalue weighted by molar-refractivity contribution is 0.257. The van der Waals surface area contributed by atoms with E-state index in [1.165, 1.54) is 18.4 Å². The molecule has 2 heterocycles. The highest BCUT2D eigenvalue weighted by molar-refractivity contribution is 7.89. The fourth-order valence-electron chi connectivity index (χ4n) is 3.73. The van der Waals surface area contributed by atoms with Crippen LogP contribution in [0.1, 0.15) is 51.0 Å². The Morgan fingerprint density at radius 2 is 1.70 bits per heavy atom. The number of hydrogen-bond donors (Lipinski definition) is 0. The second-order valence-electron chi connectivity index (χ2n) is 7.14. The van der Waals surface area contributed by atoms with Crippen molar-refractivity contribution >= 4 is 10.0 Å². The largest absolute Gasteiger partial charge is 0.302 e. The van der Waals surface area contributed by atoms with Crippen molar-refractivity contribution in [3.05, 3.63) is 29.8 Å². The van der Waals surface area contributed by atoms with Gasteiger partial charge in [0.2, 0.25) is 10.0 Å². The van der Waals surface area contributed by atoms with Gasteiger partial charge >= 0.3 is 0 Å². The molecular formula is C18H28N2O2S. The van der Waals surface area contributed by atoms with Crippen molar-refractivity contribution in [2.24, 2.45) is 0 Å². The van der Waals surface area contributed by atoms with E-state index in [9.17, 15) is 8.42 Å². The topological polar surface area (TPSA) is 40.6 Å². The van der Waals surface area contributed by atoms with Crippen molar-refractivity contribution in [2.45, 2.75) is 56.4 Å². The van der Waals surface area contributed by atoms with E-state index in [1.54, 1.807) is 16.4 Å². The van der Waals surface area contributed by atoms with Crippen LogP contribution in [0.5, 0.6) is 0 Å². The maximum atomic E-state index is 13.0. The Morgan fingerprint density at radius 3 is 2.30 bits per heavy atom. The molecule has 2 fully saturated rings. The first-order valence-corrected chi connectivity index (χ1v) is 10.3. The van der Waals surface area contributed by atoms with Gasteiger partial charge in [-0.05, 0) is 62.4 Å². The van der Waals surface area contributed by atoms with Crippen molar-refractivity contribution in [2.75, 3.05) is 26.2 Å². The third kappa shape index (κ3) is 3.62. The molecule has 2 saturated heterocycles. The van der Waals surface area contributed by atoms with Gasteiger partial charge in [0.15, 0.2) is 0 Å². The first-order valence-electron chi connectivity index (χ1n) is 8.82. The van der Waals surface area contributed by atoms with Crippen LogP contribution in [0.2, 0.25) is 0 Å². The number of sulfonamides is 1. The van der Waals surface area contributed by atoms with Gasteiger partial charge in [-0.15, -0.1) is 0 Å². The minimum atomic E-state index is -3.37. The van der Waals surface area contributed by atoms with Gasteiger partial charge in [-0.1, -0.05) is 26.0 Å². The summed E-state index contributed by atoms with van der Waals surface area (Å²) in [6.45, 7) is 8.03. The molecule has 0 amide bonds. The van der Waals surface area contributed by atoms with E-state index in [-0.39, 0.29) is 6.04 Å². The summed E-state index contributed by atoms with van der Waals surface area (Å²) in [4.78, 5) is 2.86. The highest BCUT2D eigenvalue weighted by Gasteiger charge is 2.36. The molecule has 0 spiro atoms. The van der Waals surface area contributed by atoms with Crippen LogP contribution in [0.15, 0.2) is 29.2 Å². The molecule has 128 valence electrons. The molecule has 0 aromatic heterocycles. The Labute approximate surface area is 140 Å². The third-order valence-electron chi connectivity index (χ3n) is 5.14. The summed E-state index contributed by atoms with van der Waals surface area (Å²) >= 11 is 0. The van der Waals surface area contributed by atoms with Crippen LogP contribution in [0, 0.1) is 0 Å². The van der Waals surface area contributed by atoms with E-state index in [0.29, 0.717) is 17.4 Å². The highest BCUT2D eigenvalue weighted by Crippen LogP contribution is 2.28. The standard InChI is InChI=1S/C18H28N2O2S/c1-15(2)16-7-9-18(10-8-16)23(21,22)20-13-5-6-17(20)14-19-11-3-4-12-19/h7-10,15,17H,3-6,11-14H2,1-2H3. The Balaban J connectivity index is 1.77. The quantitative estimate of drug-likeness (QED) is 0.830. The monoisotopic (exact) mass is 336 g/mol. The molecule has 1 unspecified atom stereocenters. The fourth-order valence-corrected chi connectivity index (χ4v) is 5.42. The van der Waals surface area contributed by atoms with Crippen LogP contribution in [0.25, 0.3) is 0 Å². The van der Waals surface area contributed by atoms with Gasteiger partial charge < -0.3 is 4.90 Å². The Morgan fingerprint density at radius 1 is 1.04 bits per heavy atom. The average Bonchev–Trinajstić information content (AvgIpc) is 3.19. The highest BCUT2D eigenvalue weighted by atomic mass is 32.2.